The SMILES string of the molecule is N#CC(C#N)C1=NCCN1CCN=[N+]=[N-]. The van der Waals surface area contributed by atoms with Crippen molar-refractivity contribution in [2.75, 3.05) is 26.2 Å². The van der Waals surface area contributed by atoms with E-state index in [0.717, 1.165) is 0 Å². The molecule has 0 N–H and O–H groups in total. The third kappa shape index (κ3) is 2.60. The summed E-state index contributed by atoms with van der Waals surface area (Å²) in [6.45, 7) is 2.09. The van der Waals surface area contributed by atoms with Crippen LogP contribution in [0.1, 0.15) is 0 Å². The first kappa shape index (κ1) is 10.8. The molecule has 0 aliphatic carbocycles. The maximum atomic E-state index is 8.71. The molecule has 1 heterocycles. The van der Waals surface area contributed by atoms with Crippen LogP contribution in [0.25, 0.3) is 10.4 Å². The fourth-order valence-corrected chi connectivity index (χ4v) is 1.35. The second kappa shape index (κ2) is 5.48. The summed E-state index contributed by atoms with van der Waals surface area (Å²) in [7, 11) is 0. The average Bonchev–Trinajstić information content (AvgIpc) is 2.69. The summed E-state index contributed by atoms with van der Waals surface area (Å²) in [5.41, 5.74) is 8.11. The van der Waals surface area contributed by atoms with Gasteiger partial charge in [-0.1, -0.05) is 5.11 Å². The van der Waals surface area contributed by atoms with Gasteiger partial charge in [-0.05, 0) is 5.53 Å². The van der Waals surface area contributed by atoms with Crippen molar-refractivity contribution in [3.05, 3.63) is 10.4 Å². The molecule has 0 saturated carbocycles. The van der Waals surface area contributed by atoms with Gasteiger partial charge in [0.15, 0.2) is 5.92 Å². The Morgan fingerprint density at radius 2 is 2.33 bits per heavy atom. The zero-order valence-corrected chi connectivity index (χ0v) is 8.04. The number of hydrogen-bond donors (Lipinski definition) is 0. The van der Waals surface area contributed by atoms with Crippen LogP contribution in [0.15, 0.2) is 10.1 Å². The van der Waals surface area contributed by atoms with Gasteiger partial charge in [-0.25, -0.2) is 0 Å². The summed E-state index contributed by atoms with van der Waals surface area (Å²) < 4.78 is 0. The number of hydrogen-bond acceptors (Lipinski definition) is 5. The highest BCUT2D eigenvalue weighted by Crippen LogP contribution is 2.09. The molecule has 0 atom stereocenters. The molecule has 0 amide bonds. The standard InChI is InChI=1S/C8H9N7/c9-5-7(6-10)8-12-1-3-15(8)4-2-13-14-11/h7H,1-4H2. The van der Waals surface area contributed by atoms with Crippen molar-refractivity contribution >= 4 is 5.84 Å². The summed E-state index contributed by atoms with van der Waals surface area (Å²) in [6, 6.07) is 3.75. The van der Waals surface area contributed by atoms with Crippen molar-refractivity contribution in [1.29, 1.82) is 10.5 Å². The van der Waals surface area contributed by atoms with Gasteiger partial charge in [0.25, 0.3) is 0 Å². The Kier molecular flexibility index (Phi) is 3.96. The number of aliphatic imine (C=N–C) groups is 1. The van der Waals surface area contributed by atoms with Crippen LogP contribution < -0.4 is 0 Å². The maximum Gasteiger partial charge on any atom is 0.189 e. The second-order valence-electron chi connectivity index (χ2n) is 2.87. The van der Waals surface area contributed by atoms with Gasteiger partial charge in [0, 0.05) is 24.5 Å². The highest BCUT2D eigenvalue weighted by Gasteiger charge is 2.24. The van der Waals surface area contributed by atoms with Gasteiger partial charge < -0.3 is 4.90 Å². The molecule has 0 fully saturated rings. The van der Waals surface area contributed by atoms with Crippen LogP contribution in [0.4, 0.5) is 0 Å². The molecule has 0 spiro atoms. The summed E-state index contributed by atoms with van der Waals surface area (Å²) in [4.78, 5) is 8.55. The summed E-state index contributed by atoms with van der Waals surface area (Å²) in [5.74, 6) is -0.327. The van der Waals surface area contributed by atoms with Crippen molar-refractivity contribution in [1.82, 2.24) is 4.90 Å². The van der Waals surface area contributed by atoms with Crippen molar-refractivity contribution in [3.63, 3.8) is 0 Å². The first-order valence-electron chi connectivity index (χ1n) is 4.43. The minimum absolute atomic E-state index is 0.319. The molecule has 7 nitrogen and oxygen atoms in total. The van der Waals surface area contributed by atoms with Crippen LogP contribution >= 0.6 is 0 Å². The Hall–Kier alpha value is -2.24. The minimum atomic E-state index is -0.821. The van der Waals surface area contributed by atoms with E-state index in [0.29, 0.717) is 32.0 Å². The number of rotatable bonds is 4. The lowest BCUT2D eigenvalue weighted by molar-refractivity contribution is 0.457. The lowest BCUT2D eigenvalue weighted by atomic mass is 10.1. The molecule has 15 heavy (non-hydrogen) atoms. The topological polar surface area (TPSA) is 112 Å². The predicted octanol–water partition coefficient (Wildman–Crippen LogP) is 0.674. The predicted molar refractivity (Wildman–Crippen MR) is 52.6 cm³/mol. The number of nitrogens with zero attached hydrogens (tertiary/aromatic N) is 7. The van der Waals surface area contributed by atoms with Gasteiger partial charge in [-0.2, -0.15) is 10.5 Å². The molecule has 76 valence electrons. The van der Waals surface area contributed by atoms with Gasteiger partial charge in [0.1, 0.15) is 5.84 Å². The Balaban J connectivity index is 2.61. The molecule has 7 heteroatoms. The largest absolute Gasteiger partial charge is 0.356 e. The molecule has 0 aromatic carbocycles. The van der Waals surface area contributed by atoms with Crippen LogP contribution in [-0.2, 0) is 0 Å². The van der Waals surface area contributed by atoms with Crippen LogP contribution in [0, 0.1) is 28.6 Å². The van der Waals surface area contributed by atoms with Crippen LogP contribution in [0.3, 0.4) is 0 Å². The number of azide groups is 1. The monoisotopic (exact) mass is 203 g/mol. The molecule has 0 radical (unpaired) electrons. The fourth-order valence-electron chi connectivity index (χ4n) is 1.35. The molecular formula is C8H9N7. The maximum absolute atomic E-state index is 8.71. The van der Waals surface area contributed by atoms with E-state index in [1.165, 1.54) is 0 Å². The van der Waals surface area contributed by atoms with E-state index >= 15 is 0 Å². The van der Waals surface area contributed by atoms with E-state index in [1.54, 1.807) is 0 Å². The van der Waals surface area contributed by atoms with Crippen LogP contribution in [0.5, 0.6) is 0 Å². The lowest BCUT2D eigenvalue weighted by Gasteiger charge is -2.19. The Morgan fingerprint density at radius 3 is 2.93 bits per heavy atom. The molecule has 0 bridgehead atoms. The normalized spacial score (nSPS) is 14.1. The average molecular weight is 203 g/mol. The van der Waals surface area contributed by atoms with Crippen molar-refractivity contribution in [2.45, 2.75) is 0 Å². The van der Waals surface area contributed by atoms with Gasteiger partial charge in [-0.15, -0.1) is 0 Å². The van der Waals surface area contributed by atoms with E-state index in [1.807, 2.05) is 17.0 Å². The van der Waals surface area contributed by atoms with Crippen molar-refractivity contribution < 1.29 is 0 Å². The summed E-state index contributed by atoms with van der Waals surface area (Å²) >= 11 is 0. The Labute approximate surface area is 86.9 Å². The zero-order chi connectivity index (χ0) is 11.1. The fraction of sp³-hybridized carbons (Fsp3) is 0.625. The molecule has 0 saturated heterocycles. The Morgan fingerprint density at radius 1 is 1.60 bits per heavy atom. The molecule has 0 aromatic heterocycles. The van der Waals surface area contributed by atoms with Gasteiger partial charge in [0.2, 0.25) is 0 Å². The summed E-state index contributed by atoms with van der Waals surface area (Å²) in [5, 5.41) is 20.8. The van der Waals surface area contributed by atoms with Gasteiger partial charge in [-0.3, -0.25) is 4.99 Å². The molecule has 1 rings (SSSR count). The van der Waals surface area contributed by atoms with E-state index < -0.39 is 5.92 Å². The smallest absolute Gasteiger partial charge is 0.189 e. The highest BCUT2D eigenvalue weighted by atomic mass is 15.3. The quantitative estimate of drug-likeness (QED) is 0.380. The Bertz CT molecular complexity index is 365. The van der Waals surface area contributed by atoms with Crippen LogP contribution in [0.2, 0.25) is 0 Å². The van der Waals surface area contributed by atoms with E-state index in [-0.39, 0.29) is 0 Å². The highest BCUT2D eigenvalue weighted by molar-refractivity contribution is 5.90. The van der Waals surface area contributed by atoms with Crippen molar-refractivity contribution in [3.8, 4) is 12.1 Å². The van der Waals surface area contributed by atoms with Crippen LogP contribution in [-0.4, -0.2) is 36.9 Å². The zero-order valence-electron chi connectivity index (χ0n) is 8.04. The third-order valence-electron chi connectivity index (χ3n) is 2.02. The van der Waals surface area contributed by atoms with E-state index in [9.17, 15) is 0 Å². The molecule has 0 aromatic rings. The second-order valence-corrected chi connectivity index (χ2v) is 2.87. The first-order valence-corrected chi connectivity index (χ1v) is 4.43. The molecule has 1 aliphatic heterocycles. The number of amidine groups is 1. The van der Waals surface area contributed by atoms with Gasteiger partial charge in [0.05, 0.1) is 18.7 Å². The number of nitriles is 2. The molecular weight excluding hydrogens is 194 g/mol. The van der Waals surface area contributed by atoms with Crippen molar-refractivity contribution in [2.24, 2.45) is 16.0 Å². The summed E-state index contributed by atoms with van der Waals surface area (Å²) in [6.07, 6.45) is 0. The first-order chi connectivity index (χ1) is 7.33. The third-order valence-corrected chi connectivity index (χ3v) is 2.02. The van der Waals surface area contributed by atoms with Gasteiger partial charge >= 0.3 is 0 Å². The lowest BCUT2D eigenvalue weighted by Crippen LogP contribution is -2.34. The molecule has 1 aliphatic rings. The molecule has 0 unspecified atom stereocenters. The van der Waals surface area contributed by atoms with E-state index in [4.69, 9.17) is 16.1 Å². The van der Waals surface area contributed by atoms with E-state index in [2.05, 4.69) is 15.0 Å². The minimum Gasteiger partial charge on any atom is -0.356 e.